The second-order valence-electron chi connectivity index (χ2n) is 5.78. The third kappa shape index (κ3) is 6.58. The summed E-state index contributed by atoms with van der Waals surface area (Å²) in [6.07, 6.45) is 2.01. The molecule has 0 atom stereocenters. The van der Waals surface area contributed by atoms with Gasteiger partial charge in [-0.15, -0.1) is 0 Å². The molecule has 0 aliphatic rings. The minimum absolute atomic E-state index is 0.171. The monoisotopic (exact) mass is 190 g/mol. The minimum atomic E-state index is 0.171. The van der Waals surface area contributed by atoms with Gasteiger partial charge in [-0.1, -0.05) is 53.0 Å². The molecule has 0 aromatic rings. The lowest BCUT2D eigenvalue weighted by Crippen LogP contribution is -2.04. The highest BCUT2D eigenvalue weighted by atomic mass is 14.1. The average Bonchev–Trinajstić information content (AvgIpc) is 1.93. The van der Waals surface area contributed by atoms with Crippen LogP contribution in [0.5, 0.6) is 0 Å². The third-order valence-corrected chi connectivity index (χ3v) is 1.95. The van der Waals surface area contributed by atoms with Gasteiger partial charge in [-0.25, -0.2) is 0 Å². The fourth-order valence-corrected chi connectivity index (χ4v) is 0.570. The molecule has 0 saturated carbocycles. The maximum Gasteiger partial charge on any atom is -0.00933 e. The van der Waals surface area contributed by atoms with Gasteiger partial charge < -0.3 is 0 Å². The standard InChI is InChI=1S/C14H22/c1-12(14(5,6)7)10-8-9-11-13(2,3)4/h11H,1-7H3. The lowest BCUT2D eigenvalue weighted by molar-refractivity contribution is 0.505. The molecule has 0 amide bonds. The second kappa shape index (κ2) is 4.54. The highest BCUT2D eigenvalue weighted by Gasteiger charge is 2.11. The van der Waals surface area contributed by atoms with E-state index in [-0.39, 0.29) is 10.8 Å². The molecule has 0 unspecified atom stereocenters. The fourth-order valence-electron chi connectivity index (χ4n) is 0.570. The normalized spacial score (nSPS) is 11.1. The SMILES string of the molecule is CC(=C=C=C=CC(C)(C)C)C(C)(C)C. The van der Waals surface area contributed by atoms with Gasteiger partial charge in [0.1, 0.15) is 0 Å². The van der Waals surface area contributed by atoms with E-state index in [9.17, 15) is 0 Å². The van der Waals surface area contributed by atoms with Crippen LogP contribution in [0.1, 0.15) is 48.5 Å². The number of hydrogen-bond acceptors (Lipinski definition) is 0. The first-order valence-corrected chi connectivity index (χ1v) is 5.08. The highest BCUT2D eigenvalue weighted by molar-refractivity contribution is 5.07. The summed E-state index contributed by atoms with van der Waals surface area (Å²) in [5.74, 6) is 0. The number of allylic oxidation sites excluding steroid dienone is 2. The molecule has 0 aromatic heterocycles. The van der Waals surface area contributed by atoms with Crippen LogP contribution in [0.15, 0.2) is 28.8 Å². The predicted molar refractivity (Wildman–Crippen MR) is 63.2 cm³/mol. The molecule has 0 aliphatic carbocycles. The lowest BCUT2D eigenvalue weighted by atomic mass is 9.88. The van der Waals surface area contributed by atoms with Crippen molar-refractivity contribution >= 4 is 0 Å². The van der Waals surface area contributed by atoms with Gasteiger partial charge in [0.25, 0.3) is 0 Å². The quantitative estimate of drug-likeness (QED) is 0.494. The average molecular weight is 190 g/mol. The first-order chi connectivity index (χ1) is 6.13. The highest BCUT2D eigenvalue weighted by Crippen LogP contribution is 2.22. The van der Waals surface area contributed by atoms with Crippen molar-refractivity contribution in [3.8, 4) is 0 Å². The largest absolute Gasteiger partial charge is 0.0653 e. The van der Waals surface area contributed by atoms with Crippen molar-refractivity contribution in [3.05, 3.63) is 28.8 Å². The molecule has 78 valence electrons. The topological polar surface area (TPSA) is 0 Å². The number of hydrogen-bond donors (Lipinski definition) is 0. The summed E-state index contributed by atoms with van der Waals surface area (Å²) >= 11 is 0. The van der Waals surface area contributed by atoms with Crippen LogP contribution in [0.2, 0.25) is 0 Å². The Bertz CT molecular complexity index is 310. The summed E-state index contributed by atoms with van der Waals surface area (Å²) in [7, 11) is 0. The van der Waals surface area contributed by atoms with Crippen molar-refractivity contribution in [1.29, 1.82) is 0 Å². The summed E-state index contributed by atoms with van der Waals surface area (Å²) in [5.41, 5.74) is 10.6. The van der Waals surface area contributed by atoms with Gasteiger partial charge in [0.05, 0.1) is 0 Å². The van der Waals surface area contributed by atoms with E-state index in [4.69, 9.17) is 0 Å². The zero-order valence-corrected chi connectivity index (χ0v) is 10.6. The maximum absolute atomic E-state index is 3.12. The first-order valence-electron chi connectivity index (χ1n) is 5.08. The molecule has 14 heavy (non-hydrogen) atoms. The Morgan fingerprint density at radius 2 is 1.50 bits per heavy atom. The van der Waals surface area contributed by atoms with Crippen molar-refractivity contribution in [2.24, 2.45) is 10.8 Å². The fraction of sp³-hybridized carbons (Fsp3) is 0.643. The Balaban J connectivity index is 5.01. The zero-order chi connectivity index (χ0) is 11.4. The second-order valence-corrected chi connectivity index (χ2v) is 5.78. The molecule has 0 spiro atoms. The van der Waals surface area contributed by atoms with Gasteiger partial charge in [-0.2, -0.15) is 0 Å². The Hall–Kier alpha value is -0.920. The lowest BCUT2D eigenvalue weighted by Gasteiger charge is -2.15. The molecular formula is C14H22. The van der Waals surface area contributed by atoms with E-state index in [0.717, 1.165) is 0 Å². The van der Waals surface area contributed by atoms with E-state index in [1.807, 2.05) is 6.08 Å². The van der Waals surface area contributed by atoms with Crippen LogP contribution < -0.4 is 0 Å². The molecule has 0 heteroatoms. The Kier molecular flexibility index (Phi) is 4.24. The minimum Gasteiger partial charge on any atom is -0.0653 e. The third-order valence-electron chi connectivity index (χ3n) is 1.95. The van der Waals surface area contributed by atoms with Crippen molar-refractivity contribution in [3.63, 3.8) is 0 Å². The summed E-state index contributed by atoms with van der Waals surface area (Å²) in [4.78, 5) is 0. The van der Waals surface area contributed by atoms with Crippen molar-refractivity contribution in [2.75, 3.05) is 0 Å². The van der Waals surface area contributed by atoms with Crippen LogP contribution in [0, 0.1) is 10.8 Å². The van der Waals surface area contributed by atoms with Gasteiger partial charge in [0.15, 0.2) is 0 Å². The molecule has 0 aliphatic heterocycles. The summed E-state index contributed by atoms with van der Waals surface area (Å²) in [6, 6.07) is 0. The van der Waals surface area contributed by atoms with Gasteiger partial charge >= 0.3 is 0 Å². The van der Waals surface area contributed by atoms with Crippen LogP contribution >= 0.6 is 0 Å². The maximum atomic E-state index is 3.12. The molecule has 0 aromatic carbocycles. The van der Waals surface area contributed by atoms with E-state index in [1.165, 1.54) is 5.57 Å². The number of rotatable bonds is 0. The molecule has 0 bridgehead atoms. The molecule has 0 saturated heterocycles. The van der Waals surface area contributed by atoms with E-state index in [0.29, 0.717) is 0 Å². The Labute approximate surface area is 88.7 Å². The molecule has 0 rings (SSSR count). The van der Waals surface area contributed by atoms with Gasteiger partial charge in [-0.05, 0) is 35.1 Å². The van der Waals surface area contributed by atoms with Gasteiger partial charge in [-0.3, -0.25) is 0 Å². The van der Waals surface area contributed by atoms with Crippen LogP contribution in [-0.4, -0.2) is 0 Å². The summed E-state index contributed by atoms with van der Waals surface area (Å²) in [6.45, 7) is 15.0. The van der Waals surface area contributed by atoms with Gasteiger partial charge in [0, 0.05) is 0 Å². The molecule has 0 radical (unpaired) electrons. The van der Waals surface area contributed by atoms with E-state index < -0.39 is 0 Å². The zero-order valence-electron chi connectivity index (χ0n) is 10.6. The van der Waals surface area contributed by atoms with Crippen LogP contribution in [0.25, 0.3) is 0 Å². The molecule has 0 fully saturated rings. The van der Waals surface area contributed by atoms with E-state index in [1.54, 1.807) is 0 Å². The van der Waals surface area contributed by atoms with Crippen LogP contribution in [0.3, 0.4) is 0 Å². The van der Waals surface area contributed by atoms with Crippen molar-refractivity contribution < 1.29 is 0 Å². The Morgan fingerprint density at radius 3 is 1.86 bits per heavy atom. The summed E-state index contributed by atoms with van der Waals surface area (Å²) in [5, 5.41) is 0. The van der Waals surface area contributed by atoms with Crippen molar-refractivity contribution in [2.45, 2.75) is 48.5 Å². The smallest absolute Gasteiger partial charge is 0.00933 e. The summed E-state index contributed by atoms with van der Waals surface area (Å²) < 4.78 is 0. The molecule has 0 nitrogen and oxygen atoms in total. The Morgan fingerprint density at radius 1 is 1.00 bits per heavy atom. The van der Waals surface area contributed by atoms with E-state index >= 15 is 0 Å². The van der Waals surface area contributed by atoms with Crippen LogP contribution in [-0.2, 0) is 0 Å². The molecule has 0 heterocycles. The van der Waals surface area contributed by atoms with Crippen LogP contribution in [0.4, 0.5) is 0 Å². The molecular weight excluding hydrogens is 168 g/mol. The predicted octanol–water partition coefficient (Wildman–Crippen LogP) is 4.49. The first kappa shape index (κ1) is 13.1. The van der Waals surface area contributed by atoms with Gasteiger partial charge in [0.2, 0.25) is 0 Å². The van der Waals surface area contributed by atoms with Crippen molar-refractivity contribution in [1.82, 2.24) is 0 Å². The molecule has 0 N–H and O–H groups in total. The van der Waals surface area contributed by atoms with E-state index in [2.05, 4.69) is 65.7 Å².